The molecule has 1 fully saturated rings. The highest BCUT2D eigenvalue weighted by Crippen LogP contribution is 2.36. The van der Waals surface area contributed by atoms with Gasteiger partial charge in [-0.05, 0) is 37.7 Å². The standard InChI is InChI=1S/C22H28ClN3O3/c1-4-29-21-18(23)13-17(14-20(21)28-3)22(27)24-15-16-7-5-6-8-19(16)26-11-9-25(2)10-12-26/h5-8,13-14H,4,9-12,15H2,1-3H3,(H,24,27). The zero-order valence-corrected chi connectivity index (χ0v) is 18.0. The molecule has 7 heteroatoms. The van der Waals surface area contributed by atoms with Gasteiger partial charge in [-0.2, -0.15) is 0 Å². The maximum absolute atomic E-state index is 12.8. The number of carbonyl (C=O) groups is 1. The van der Waals surface area contributed by atoms with E-state index in [1.807, 2.05) is 19.1 Å². The Morgan fingerprint density at radius 3 is 2.59 bits per heavy atom. The Morgan fingerprint density at radius 2 is 1.90 bits per heavy atom. The van der Waals surface area contributed by atoms with Crippen molar-refractivity contribution < 1.29 is 14.3 Å². The Labute approximate surface area is 177 Å². The number of nitrogens with one attached hydrogen (secondary N) is 1. The molecule has 0 spiro atoms. The first-order valence-corrected chi connectivity index (χ1v) is 10.2. The highest BCUT2D eigenvalue weighted by molar-refractivity contribution is 6.32. The molecule has 2 aromatic rings. The predicted octanol–water partition coefficient (Wildman–Crippen LogP) is 3.43. The van der Waals surface area contributed by atoms with E-state index in [4.69, 9.17) is 21.1 Å². The van der Waals surface area contributed by atoms with Crippen molar-refractivity contribution in [2.75, 3.05) is 51.8 Å². The van der Waals surface area contributed by atoms with Gasteiger partial charge >= 0.3 is 0 Å². The number of carbonyl (C=O) groups excluding carboxylic acids is 1. The van der Waals surface area contributed by atoms with Crippen LogP contribution in [0.2, 0.25) is 5.02 Å². The van der Waals surface area contributed by atoms with E-state index < -0.39 is 0 Å². The van der Waals surface area contributed by atoms with Crippen LogP contribution in [0.25, 0.3) is 0 Å². The smallest absolute Gasteiger partial charge is 0.251 e. The summed E-state index contributed by atoms with van der Waals surface area (Å²) in [7, 11) is 3.67. The summed E-state index contributed by atoms with van der Waals surface area (Å²) in [5.74, 6) is 0.692. The van der Waals surface area contributed by atoms with Gasteiger partial charge in [-0.15, -0.1) is 0 Å². The molecule has 1 heterocycles. The van der Waals surface area contributed by atoms with Gasteiger partial charge in [-0.1, -0.05) is 29.8 Å². The minimum atomic E-state index is -0.207. The number of piperazine rings is 1. The van der Waals surface area contributed by atoms with Crippen LogP contribution in [0.5, 0.6) is 11.5 Å². The molecule has 29 heavy (non-hydrogen) atoms. The lowest BCUT2D eigenvalue weighted by Crippen LogP contribution is -2.45. The third-order valence-electron chi connectivity index (χ3n) is 5.06. The summed E-state index contributed by atoms with van der Waals surface area (Å²) in [6.45, 7) is 6.80. The number of rotatable bonds is 7. The maximum atomic E-state index is 12.8. The van der Waals surface area contributed by atoms with Gasteiger partial charge in [0, 0.05) is 44.0 Å². The molecule has 1 saturated heterocycles. The number of benzene rings is 2. The van der Waals surface area contributed by atoms with Crippen molar-refractivity contribution in [3.8, 4) is 11.5 Å². The number of ether oxygens (including phenoxy) is 2. The topological polar surface area (TPSA) is 54.0 Å². The maximum Gasteiger partial charge on any atom is 0.251 e. The summed E-state index contributed by atoms with van der Waals surface area (Å²) >= 11 is 6.30. The second kappa shape index (κ2) is 9.85. The van der Waals surface area contributed by atoms with Crippen molar-refractivity contribution >= 4 is 23.2 Å². The molecule has 1 aliphatic heterocycles. The van der Waals surface area contributed by atoms with E-state index >= 15 is 0 Å². The van der Waals surface area contributed by atoms with Crippen molar-refractivity contribution in [2.24, 2.45) is 0 Å². The first-order valence-electron chi connectivity index (χ1n) is 9.83. The van der Waals surface area contributed by atoms with E-state index in [1.165, 1.54) is 12.8 Å². The fraction of sp³-hybridized carbons (Fsp3) is 0.409. The number of amides is 1. The summed E-state index contributed by atoms with van der Waals surface area (Å²) in [5.41, 5.74) is 2.70. The predicted molar refractivity (Wildman–Crippen MR) is 116 cm³/mol. The van der Waals surface area contributed by atoms with Crippen molar-refractivity contribution in [2.45, 2.75) is 13.5 Å². The van der Waals surface area contributed by atoms with Crippen LogP contribution in [-0.4, -0.2) is 57.8 Å². The van der Waals surface area contributed by atoms with Crippen LogP contribution in [0.4, 0.5) is 5.69 Å². The molecule has 0 saturated carbocycles. The second-order valence-corrected chi connectivity index (χ2v) is 7.43. The molecule has 1 amide bonds. The summed E-state index contributed by atoms with van der Waals surface area (Å²) in [5, 5.41) is 3.36. The number of para-hydroxylation sites is 1. The van der Waals surface area contributed by atoms with Crippen LogP contribution < -0.4 is 19.7 Å². The number of methoxy groups -OCH3 is 1. The van der Waals surface area contributed by atoms with E-state index in [9.17, 15) is 4.79 Å². The molecule has 156 valence electrons. The third-order valence-corrected chi connectivity index (χ3v) is 5.34. The highest BCUT2D eigenvalue weighted by Gasteiger charge is 2.18. The lowest BCUT2D eigenvalue weighted by molar-refractivity contribution is 0.0950. The van der Waals surface area contributed by atoms with Gasteiger partial charge in [0.1, 0.15) is 0 Å². The van der Waals surface area contributed by atoms with Gasteiger partial charge in [0.05, 0.1) is 18.7 Å². The molecule has 6 nitrogen and oxygen atoms in total. The minimum Gasteiger partial charge on any atom is -0.493 e. The quantitative estimate of drug-likeness (QED) is 0.748. The fourth-order valence-corrected chi connectivity index (χ4v) is 3.69. The first kappa shape index (κ1) is 21.3. The number of anilines is 1. The number of halogens is 1. The van der Waals surface area contributed by atoms with Gasteiger partial charge in [0.2, 0.25) is 0 Å². The van der Waals surface area contributed by atoms with Crippen molar-refractivity contribution in [3.63, 3.8) is 0 Å². The van der Waals surface area contributed by atoms with Crippen LogP contribution in [0.15, 0.2) is 36.4 Å². The number of hydrogen-bond donors (Lipinski definition) is 1. The number of hydrogen-bond acceptors (Lipinski definition) is 5. The molecular formula is C22H28ClN3O3. The molecule has 0 bridgehead atoms. The minimum absolute atomic E-state index is 0.207. The average molecular weight is 418 g/mol. The highest BCUT2D eigenvalue weighted by atomic mass is 35.5. The van der Waals surface area contributed by atoms with Gasteiger partial charge < -0.3 is 24.6 Å². The van der Waals surface area contributed by atoms with Crippen LogP contribution in [0, 0.1) is 0 Å². The Morgan fingerprint density at radius 1 is 1.17 bits per heavy atom. The summed E-state index contributed by atoms with van der Waals surface area (Å²) in [4.78, 5) is 17.4. The van der Waals surface area contributed by atoms with Crippen LogP contribution in [0.3, 0.4) is 0 Å². The van der Waals surface area contributed by atoms with E-state index in [0.717, 1.165) is 31.7 Å². The number of likely N-dealkylation sites (N-methyl/N-ethyl adjacent to an activating group) is 1. The fourth-order valence-electron chi connectivity index (χ4n) is 3.43. The zero-order chi connectivity index (χ0) is 20.8. The SMILES string of the molecule is CCOc1c(Cl)cc(C(=O)NCc2ccccc2N2CCN(C)CC2)cc1OC. The van der Waals surface area contributed by atoms with Gasteiger partial charge in [-0.25, -0.2) is 0 Å². The van der Waals surface area contributed by atoms with Crippen molar-refractivity contribution in [1.82, 2.24) is 10.2 Å². The summed E-state index contributed by atoms with van der Waals surface area (Å²) in [6.07, 6.45) is 0. The summed E-state index contributed by atoms with van der Waals surface area (Å²) in [6, 6.07) is 11.5. The molecule has 2 aromatic carbocycles. The van der Waals surface area contributed by atoms with Gasteiger partial charge in [-0.3, -0.25) is 4.79 Å². The molecule has 1 N–H and O–H groups in total. The molecule has 1 aliphatic rings. The second-order valence-electron chi connectivity index (χ2n) is 7.02. The molecule has 0 aromatic heterocycles. The molecule has 3 rings (SSSR count). The molecule has 0 radical (unpaired) electrons. The lowest BCUT2D eigenvalue weighted by atomic mass is 10.1. The van der Waals surface area contributed by atoms with E-state index in [1.54, 1.807) is 12.1 Å². The number of nitrogens with zero attached hydrogens (tertiary/aromatic N) is 2. The Kier molecular flexibility index (Phi) is 7.23. The van der Waals surface area contributed by atoms with Crippen molar-refractivity contribution in [1.29, 1.82) is 0 Å². The Balaban J connectivity index is 1.72. The Bertz CT molecular complexity index is 851. The van der Waals surface area contributed by atoms with E-state index in [2.05, 4.69) is 34.3 Å². The average Bonchev–Trinajstić information content (AvgIpc) is 2.74. The van der Waals surface area contributed by atoms with Crippen LogP contribution in [0.1, 0.15) is 22.8 Å². The monoisotopic (exact) mass is 417 g/mol. The normalized spacial score (nSPS) is 14.6. The molecular weight excluding hydrogens is 390 g/mol. The molecule has 0 unspecified atom stereocenters. The zero-order valence-electron chi connectivity index (χ0n) is 17.2. The third kappa shape index (κ3) is 5.14. The first-order chi connectivity index (χ1) is 14.0. The van der Waals surface area contributed by atoms with Gasteiger partial charge in [0.15, 0.2) is 11.5 Å². The van der Waals surface area contributed by atoms with Crippen LogP contribution >= 0.6 is 11.6 Å². The molecule has 0 aliphatic carbocycles. The largest absolute Gasteiger partial charge is 0.493 e. The Hall–Kier alpha value is -2.44. The van der Waals surface area contributed by atoms with Crippen LogP contribution in [-0.2, 0) is 6.54 Å². The van der Waals surface area contributed by atoms with E-state index in [0.29, 0.717) is 35.2 Å². The molecule has 0 atom stereocenters. The van der Waals surface area contributed by atoms with Crippen molar-refractivity contribution in [3.05, 3.63) is 52.5 Å². The van der Waals surface area contributed by atoms with Gasteiger partial charge in [0.25, 0.3) is 5.91 Å². The lowest BCUT2D eigenvalue weighted by Gasteiger charge is -2.35. The van der Waals surface area contributed by atoms with E-state index in [-0.39, 0.29) is 5.91 Å². The summed E-state index contributed by atoms with van der Waals surface area (Å²) < 4.78 is 10.9.